The quantitative estimate of drug-likeness (QED) is 0.876. The molecule has 4 nitrogen and oxygen atoms in total. The fourth-order valence-electron chi connectivity index (χ4n) is 1.79. The van der Waals surface area contributed by atoms with Crippen LogP contribution in [0.1, 0.15) is 19.4 Å². The molecule has 2 aromatic heterocycles. The number of nitrogens with zero attached hydrogens (tertiary/aromatic N) is 3. The van der Waals surface area contributed by atoms with E-state index in [-0.39, 0.29) is 6.61 Å². The Morgan fingerprint density at radius 2 is 2.24 bits per heavy atom. The summed E-state index contributed by atoms with van der Waals surface area (Å²) in [4.78, 5) is 4.08. The normalized spacial score (nSPS) is 11.1. The lowest BCUT2D eigenvalue weighted by atomic mass is 10.1. The highest BCUT2D eigenvalue weighted by Crippen LogP contribution is 2.21. The van der Waals surface area contributed by atoms with Gasteiger partial charge in [0.15, 0.2) is 0 Å². The first kappa shape index (κ1) is 11.8. The van der Waals surface area contributed by atoms with Crippen molar-refractivity contribution in [2.75, 3.05) is 0 Å². The number of hydrogen-bond acceptors (Lipinski definition) is 3. The third kappa shape index (κ3) is 2.71. The molecule has 0 aliphatic heterocycles. The van der Waals surface area contributed by atoms with Gasteiger partial charge in [-0.25, -0.2) is 0 Å². The number of aliphatic hydroxyl groups excluding tert-OH is 1. The summed E-state index contributed by atoms with van der Waals surface area (Å²) in [5.41, 5.74) is 2.61. The first-order chi connectivity index (χ1) is 8.20. The van der Waals surface area contributed by atoms with Gasteiger partial charge in [0.05, 0.1) is 12.3 Å². The van der Waals surface area contributed by atoms with Crippen molar-refractivity contribution < 1.29 is 5.11 Å². The van der Waals surface area contributed by atoms with E-state index in [0.29, 0.717) is 5.92 Å². The molecule has 0 aliphatic carbocycles. The van der Waals surface area contributed by atoms with Gasteiger partial charge in [-0.2, -0.15) is 5.10 Å². The van der Waals surface area contributed by atoms with Crippen molar-refractivity contribution in [3.63, 3.8) is 0 Å². The fourth-order valence-corrected chi connectivity index (χ4v) is 1.79. The summed E-state index contributed by atoms with van der Waals surface area (Å²) in [6.07, 6.45) is 5.40. The summed E-state index contributed by atoms with van der Waals surface area (Å²) in [6, 6.07) is 3.83. The number of pyridine rings is 1. The predicted octanol–water partition coefficient (Wildman–Crippen LogP) is 2.09. The van der Waals surface area contributed by atoms with Gasteiger partial charge in [0.25, 0.3) is 0 Å². The summed E-state index contributed by atoms with van der Waals surface area (Å²) in [5.74, 6) is 0.531. The molecular formula is C13H17N3O. The topological polar surface area (TPSA) is 50.9 Å². The SMILES string of the molecule is CC(C)Cn1cc(CO)c(-c2cccnc2)n1. The molecule has 0 atom stereocenters. The van der Waals surface area contributed by atoms with E-state index in [1.807, 2.05) is 23.0 Å². The molecule has 2 rings (SSSR count). The summed E-state index contributed by atoms with van der Waals surface area (Å²) >= 11 is 0. The number of hydrogen-bond donors (Lipinski definition) is 1. The van der Waals surface area contributed by atoms with Gasteiger partial charge in [0.2, 0.25) is 0 Å². The zero-order chi connectivity index (χ0) is 12.3. The molecule has 0 amide bonds. The molecule has 90 valence electrons. The predicted molar refractivity (Wildman–Crippen MR) is 66.2 cm³/mol. The Morgan fingerprint density at radius 3 is 2.82 bits per heavy atom. The van der Waals surface area contributed by atoms with Crippen LogP contribution >= 0.6 is 0 Å². The summed E-state index contributed by atoms with van der Waals surface area (Å²) in [6.45, 7) is 5.14. The van der Waals surface area contributed by atoms with E-state index < -0.39 is 0 Å². The molecule has 0 bridgehead atoms. The minimum absolute atomic E-state index is 0.00230. The van der Waals surface area contributed by atoms with Crippen LogP contribution in [0, 0.1) is 5.92 Å². The highest BCUT2D eigenvalue weighted by atomic mass is 16.3. The van der Waals surface area contributed by atoms with Crippen LogP contribution in [0.5, 0.6) is 0 Å². The standard InChI is InChI=1S/C13H17N3O/c1-10(2)7-16-8-12(9-17)13(15-16)11-4-3-5-14-6-11/h3-6,8,10,17H,7,9H2,1-2H3. The van der Waals surface area contributed by atoms with Crippen molar-refractivity contribution in [1.29, 1.82) is 0 Å². The van der Waals surface area contributed by atoms with Crippen molar-refractivity contribution in [2.24, 2.45) is 5.92 Å². The lowest BCUT2D eigenvalue weighted by Crippen LogP contribution is -2.04. The minimum atomic E-state index is 0.00230. The van der Waals surface area contributed by atoms with E-state index in [9.17, 15) is 5.11 Å². The second kappa shape index (κ2) is 5.10. The zero-order valence-corrected chi connectivity index (χ0v) is 10.2. The molecule has 0 aliphatic rings. The third-order valence-electron chi connectivity index (χ3n) is 2.49. The Kier molecular flexibility index (Phi) is 3.54. The van der Waals surface area contributed by atoms with Gasteiger partial charge in [-0.3, -0.25) is 9.67 Å². The van der Waals surface area contributed by atoms with E-state index in [1.165, 1.54) is 0 Å². The van der Waals surface area contributed by atoms with Crippen molar-refractivity contribution in [2.45, 2.75) is 27.0 Å². The monoisotopic (exact) mass is 231 g/mol. The van der Waals surface area contributed by atoms with Crippen LogP contribution in [0.2, 0.25) is 0 Å². The molecule has 2 aromatic rings. The molecule has 4 heteroatoms. The first-order valence-electron chi connectivity index (χ1n) is 5.78. The maximum absolute atomic E-state index is 9.35. The van der Waals surface area contributed by atoms with Gasteiger partial charge >= 0.3 is 0 Å². The third-order valence-corrected chi connectivity index (χ3v) is 2.49. The van der Waals surface area contributed by atoms with Gasteiger partial charge in [0.1, 0.15) is 0 Å². The van der Waals surface area contributed by atoms with Crippen LogP contribution in [0.15, 0.2) is 30.7 Å². The first-order valence-corrected chi connectivity index (χ1v) is 5.78. The molecule has 17 heavy (non-hydrogen) atoms. The molecule has 0 fully saturated rings. The van der Waals surface area contributed by atoms with Crippen LogP contribution in [-0.2, 0) is 13.2 Å². The van der Waals surface area contributed by atoms with Gasteiger partial charge in [0, 0.05) is 36.3 Å². The van der Waals surface area contributed by atoms with E-state index in [4.69, 9.17) is 0 Å². The van der Waals surface area contributed by atoms with E-state index in [1.54, 1.807) is 12.4 Å². The molecule has 0 saturated heterocycles. The van der Waals surface area contributed by atoms with Crippen LogP contribution in [0.4, 0.5) is 0 Å². The maximum Gasteiger partial charge on any atom is 0.0993 e. The van der Waals surface area contributed by atoms with Gasteiger partial charge in [-0.15, -0.1) is 0 Å². The van der Waals surface area contributed by atoms with Crippen molar-refractivity contribution in [3.8, 4) is 11.3 Å². The Bertz CT molecular complexity index is 477. The van der Waals surface area contributed by atoms with E-state index in [0.717, 1.165) is 23.4 Å². The molecule has 1 N–H and O–H groups in total. The van der Waals surface area contributed by atoms with Gasteiger partial charge < -0.3 is 5.11 Å². The Hall–Kier alpha value is -1.68. The lowest BCUT2D eigenvalue weighted by molar-refractivity contribution is 0.282. The average molecular weight is 231 g/mol. The van der Waals surface area contributed by atoms with Crippen molar-refractivity contribution in [3.05, 3.63) is 36.3 Å². The van der Waals surface area contributed by atoms with E-state index >= 15 is 0 Å². The molecule has 0 unspecified atom stereocenters. The van der Waals surface area contributed by atoms with Crippen molar-refractivity contribution in [1.82, 2.24) is 14.8 Å². The number of aliphatic hydroxyl groups is 1. The zero-order valence-electron chi connectivity index (χ0n) is 10.2. The molecule has 0 radical (unpaired) electrons. The molecule has 0 saturated carbocycles. The fraction of sp³-hybridized carbons (Fsp3) is 0.385. The Morgan fingerprint density at radius 1 is 1.41 bits per heavy atom. The second-order valence-corrected chi connectivity index (χ2v) is 4.52. The second-order valence-electron chi connectivity index (χ2n) is 4.52. The minimum Gasteiger partial charge on any atom is -0.392 e. The maximum atomic E-state index is 9.35. The molecule has 2 heterocycles. The van der Waals surface area contributed by atoms with Gasteiger partial charge in [-0.05, 0) is 18.1 Å². The van der Waals surface area contributed by atoms with Crippen LogP contribution < -0.4 is 0 Å². The van der Waals surface area contributed by atoms with Crippen LogP contribution in [0.3, 0.4) is 0 Å². The largest absolute Gasteiger partial charge is 0.392 e. The number of aromatic nitrogens is 3. The van der Waals surface area contributed by atoms with Crippen LogP contribution in [-0.4, -0.2) is 19.9 Å². The van der Waals surface area contributed by atoms with Gasteiger partial charge in [-0.1, -0.05) is 13.8 Å². The highest BCUT2D eigenvalue weighted by molar-refractivity contribution is 5.61. The summed E-state index contributed by atoms with van der Waals surface area (Å²) in [5, 5.41) is 13.9. The number of rotatable bonds is 4. The highest BCUT2D eigenvalue weighted by Gasteiger charge is 2.10. The lowest BCUT2D eigenvalue weighted by Gasteiger charge is -2.03. The summed E-state index contributed by atoms with van der Waals surface area (Å²) in [7, 11) is 0. The molecule has 0 aromatic carbocycles. The van der Waals surface area contributed by atoms with Crippen molar-refractivity contribution >= 4 is 0 Å². The molecule has 0 spiro atoms. The summed E-state index contributed by atoms with van der Waals surface area (Å²) < 4.78 is 1.89. The Labute approximate surface area is 101 Å². The smallest absolute Gasteiger partial charge is 0.0993 e. The van der Waals surface area contributed by atoms with Crippen LogP contribution in [0.25, 0.3) is 11.3 Å². The Balaban J connectivity index is 2.36. The molecular weight excluding hydrogens is 214 g/mol. The average Bonchev–Trinajstić information content (AvgIpc) is 2.72. The van der Waals surface area contributed by atoms with E-state index in [2.05, 4.69) is 23.9 Å².